The molecule has 1 amide bonds. The molecule has 3 aliphatic rings. The van der Waals surface area contributed by atoms with E-state index in [9.17, 15) is 4.79 Å². The number of carbonyl (C=O) groups is 1. The standard InChI is InChI=1S/C22H35N5O2/c1-25(17-9-5-3-6-10-17)22-23-19-11-14-27(20(28)16-29-2)15-18(19)21(24-22)26-12-7-4-8-13-26/h17H,3-16H2,1-2H3. The van der Waals surface area contributed by atoms with E-state index in [0.717, 1.165) is 42.5 Å². The van der Waals surface area contributed by atoms with E-state index in [0.29, 0.717) is 19.1 Å². The third kappa shape index (κ3) is 4.49. The first-order valence-electron chi connectivity index (χ1n) is 11.3. The van der Waals surface area contributed by atoms with Crippen molar-refractivity contribution >= 4 is 17.7 Å². The molecule has 1 saturated carbocycles. The van der Waals surface area contributed by atoms with Crippen molar-refractivity contribution < 1.29 is 9.53 Å². The summed E-state index contributed by atoms with van der Waals surface area (Å²) in [5.74, 6) is 1.97. The predicted molar refractivity (Wildman–Crippen MR) is 114 cm³/mol. The Balaban J connectivity index is 1.65. The summed E-state index contributed by atoms with van der Waals surface area (Å²) >= 11 is 0. The van der Waals surface area contributed by atoms with Crippen LogP contribution in [0.5, 0.6) is 0 Å². The van der Waals surface area contributed by atoms with E-state index in [1.807, 2.05) is 4.90 Å². The minimum Gasteiger partial charge on any atom is -0.375 e. The lowest BCUT2D eigenvalue weighted by molar-refractivity contribution is -0.136. The molecule has 0 N–H and O–H groups in total. The highest BCUT2D eigenvalue weighted by molar-refractivity contribution is 5.78. The Morgan fingerprint density at radius 1 is 1.07 bits per heavy atom. The SMILES string of the molecule is COCC(=O)N1CCc2nc(N(C)C3CCCCC3)nc(N3CCCCC3)c2C1. The Hall–Kier alpha value is -1.89. The van der Waals surface area contributed by atoms with E-state index in [-0.39, 0.29) is 12.5 Å². The number of hydrogen-bond donors (Lipinski definition) is 0. The van der Waals surface area contributed by atoms with E-state index < -0.39 is 0 Å². The normalized spacial score (nSPS) is 20.5. The highest BCUT2D eigenvalue weighted by atomic mass is 16.5. The topological polar surface area (TPSA) is 61.8 Å². The molecule has 0 atom stereocenters. The third-order valence-electron chi connectivity index (χ3n) is 6.74. The second-order valence-electron chi connectivity index (χ2n) is 8.72. The molecule has 2 fully saturated rings. The number of fused-ring (bicyclic) bond motifs is 1. The molecule has 7 heteroatoms. The number of aromatic nitrogens is 2. The van der Waals surface area contributed by atoms with Crippen LogP contribution in [0, 0.1) is 0 Å². The van der Waals surface area contributed by atoms with E-state index in [1.165, 1.54) is 51.4 Å². The molecule has 1 aliphatic carbocycles. The molecule has 0 spiro atoms. The van der Waals surface area contributed by atoms with Gasteiger partial charge in [0.1, 0.15) is 12.4 Å². The van der Waals surface area contributed by atoms with Crippen molar-refractivity contribution in [1.82, 2.24) is 14.9 Å². The first kappa shape index (κ1) is 20.4. The average molecular weight is 402 g/mol. The number of amides is 1. The van der Waals surface area contributed by atoms with Crippen molar-refractivity contribution in [2.24, 2.45) is 0 Å². The van der Waals surface area contributed by atoms with Gasteiger partial charge in [-0.3, -0.25) is 4.79 Å². The maximum absolute atomic E-state index is 12.4. The van der Waals surface area contributed by atoms with E-state index in [2.05, 4.69) is 16.8 Å². The molecule has 3 heterocycles. The zero-order chi connectivity index (χ0) is 20.2. The van der Waals surface area contributed by atoms with Gasteiger partial charge in [0.15, 0.2) is 0 Å². The second kappa shape index (κ2) is 9.28. The number of hydrogen-bond acceptors (Lipinski definition) is 6. The predicted octanol–water partition coefficient (Wildman–Crippen LogP) is 2.77. The third-order valence-corrected chi connectivity index (χ3v) is 6.74. The van der Waals surface area contributed by atoms with Gasteiger partial charge < -0.3 is 19.4 Å². The highest BCUT2D eigenvalue weighted by Crippen LogP contribution is 2.32. The minimum atomic E-state index is 0.0474. The summed E-state index contributed by atoms with van der Waals surface area (Å²) in [6.45, 7) is 3.52. The average Bonchev–Trinajstić information content (AvgIpc) is 2.78. The molecule has 29 heavy (non-hydrogen) atoms. The van der Waals surface area contributed by atoms with E-state index >= 15 is 0 Å². The van der Waals surface area contributed by atoms with Gasteiger partial charge in [-0.25, -0.2) is 4.98 Å². The maximum Gasteiger partial charge on any atom is 0.248 e. The minimum absolute atomic E-state index is 0.0474. The molecule has 0 radical (unpaired) electrons. The van der Waals surface area contributed by atoms with Crippen molar-refractivity contribution in [2.75, 3.05) is 50.2 Å². The van der Waals surface area contributed by atoms with Crippen molar-refractivity contribution in [3.8, 4) is 0 Å². The number of carbonyl (C=O) groups excluding carboxylic acids is 1. The van der Waals surface area contributed by atoms with E-state index in [4.69, 9.17) is 14.7 Å². The molecule has 1 saturated heterocycles. The Morgan fingerprint density at radius 3 is 2.52 bits per heavy atom. The Bertz CT molecular complexity index is 713. The molecule has 4 rings (SSSR count). The lowest BCUT2D eigenvalue weighted by Gasteiger charge is -2.37. The number of piperidine rings is 1. The maximum atomic E-state index is 12.4. The molecular weight excluding hydrogens is 366 g/mol. The summed E-state index contributed by atoms with van der Waals surface area (Å²) < 4.78 is 5.07. The molecule has 1 aromatic heterocycles. The zero-order valence-electron chi connectivity index (χ0n) is 18.0. The fraction of sp³-hybridized carbons (Fsp3) is 0.773. The molecule has 2 aliphatic heterocycles. The summed E-state index contributed by atoms with van der Waals surface area (Å²) in [5.41, 5.74) is 2.27. The summed E-state index contributed by atoms with van der Waals surface area (Å²) in [5, 5.41) is 0. The van der Waals surface area contributed by atoms with Crippen LogP contribution in [0.4, 0.5) is 11.8 Å². The first-order chi connectivity index (χ1) is 14.2. The van der Waals surface area contributed by atoms with Crippen LogP contribution in [0.25, 0.3) is 0 Å². The lowest BCUT2D eigenvalue weighted by atomic mass is 9.95. The van der Waals surface area contributed by atoms with Crippen LogP contribution in [0.3, 0.4) is 0 Å². The largest absolute Gasteiger partial charge is 0.375 e. The molecular formula is C22H35N5O2. The van der Waals surface area contributed by atoms with Crippen LogP contribution in [0.15, 0.2) is 0 Å². The zero-order valence-corrected chi connectivity index (χ0v) is 18.0. The van der Waals surface area contributed by atoms with Gasteiger partial charge in [-0.15, -0.1) is 0 Å². The fourth-order valence-electron chi connectivity index (χ4n) is 4.97. The van der Waals surface area contributed by atoms with Crippen LogP contribution in [0.2, 0.25) is 0 Å². The van der Waals surface area contributed by atoms with Crippen LogP contribution in [-0.4, -0.2) is 67.2 Å². The number of rotatable bonds is 5. The van der Waals surface area contributed by atoms with Gasteiger partial charge in [0.25, 0.3) is 0 Å². The number of anilines is 2. The molecule has 0 bridgehead atoms. The number of ether oxygens (including phenoxy) is 1. The first-order valence-corrected chi connectivity index (χ1v) is 11.3. The fourth-order valence-corrected chi connectivity index (χ4v) is 4.97. The van der Waals surface area contributed by atoms with Gasteiger partial charge in [-0.05, 0) is 32.1 Å². The molecule has 1 aromatic rings. The van der Waals surface area contributed by atoms with Crippen LogP contribution >= 0.6 is 0 Å². The van der Waals surface area contributed by atoms with Crippen molar-refractivity contribution in [3.05, 3.63) is 11.3 Å². The van der Waals surface area contributed by atoms with Gasteiger partial charge in [0.2, 0.25) is 11.9 Å². The monoisotopic (exact) mass is 401 g/mol. The summed E-state index contributed by atoms with van der Waals surface area (Å²) in [4.78, 5) is 29.1. The summed E-state index contributed by atoms with van der Waals surface area (Å²) in [6, 6.07) is 0.541. The molecule has 7 nitrogen and oxygen atoms in total. The second-order valence-corrected chi connectivity index (χ2v) is 8.72. The van der Waals surface area contributed by atoms with Crippen molar-refractivity contribution in [3.63, 3.8) is 0 Å². The number of methoxy groups -OCH3 is 1. The van der Waals surface area contributed by atoms with Crippen LogP contribution in [-0.2, 0) is 22.5 Å². The Morgan fingerprint density at radius 2 is 1.79 bits per heavy atom. The van der Waals surface area contributed by atoms with Crippen LogP contribution in [0.1, 0.15) is 62.6 Å². The van der Waals surface area contributed by atoms with Crippen molar-refractivity contribution in [1.29, 1.82) is 0 Å². The Kier molecular flexibility index (Phi) is 6.53. The van der Waals surface area contributed by atoms with Gasteiger partial charge in [-0.1, -0.05) is 19.3 Å². The van der Waals surface area contributed by atoms with Gasteiger partial charge in [-0.2, -0.15) is 4.98 Å². The lowest BCUT2D eigenvalue weighted by Crippen LogP contribution is -2.41. The summed E-state index contributed by atoms with van der Waals surface area (Å²) in [7, 11) is 3.74. The van der Waals surface area contributed by atoms with Gasteiger partial charge >= 0.3 is 0 Å². The van der Waals surface area contributed by atoms with Crippen molar-refractivity contribution in [2.45, 2.75) is 70.4 Å². The Labute approximate surface area is 174 Å². The smallest absolute Gasteiger partial charge is 0.248 e. The van der Waals surface area contributed by atoms with Crippen LogP contribution < -0.4 is 9.80 Å². The molecule has 0 unspecified atom stereocenters. The summed E-state index contributed by atoms with van der Waals surface area (Å²) in [6.07, 6.45) is 10.9. The van der Waals surface area contributed by atoms with E-state index in [1.54, 1.807) is 7.11 Å². The quantitative estimate of drug-likeness (QED) is 0.756. The number of nitrogens with zero attached hydrogens (tertiary/aromatic N) is 5. The van der Waals surface area contributed by atoms with Gasteiger partial charge in [0, 0.05) is 51.8 Å². The molecule has 0 aromatic carbocycles. The molecule has 160 valence electrons. The highest BCUT2D eigenvalue weighted by Gasteiger charge is 2.30. The van der Waals surface area contributed by atoms with Gasteiger partial charge in [0.05, 0.1) is 12.2 Å².